The van der Waals surface area contributed by atoms with E-state index in [2.05, 4.69) is 10.4 Å². The number of hydrogen-bond donors (Lipinski definition) is 1. The van der Waals surface area contributed by atoms with Crippen LogP contribution in [0.15, 0.2) is 52.2 Å². The van der Waals surface area contributed by atoms with Crippen LogP contribution in [-0.4, -0.2) is 22.5 Å². The van der Waals surface area contributed by atoms with Gasteiger partial charge >= 0.3 is 0 Å². The van der Waals surface area contributed by atoms with Crippen molar-refractivity contribution in [2.45, 2.75) is 32.7 Å². The number of nitrogens with one attached hydrogen (secondary N) is 1. The number of amides is 2. The molecule has 124 valence electrons. The standard InChI is InChI=1S/C18H19N3O3/c1-3-18(23)21-16(11-15(20-21)17-8-5-9-24-17)13-6-4-7-14(10-13)19-12(2)22/h4-10,16H,3,11H2,1-2H3,(H,19,22)/t16-/m0/s1. The second kappa shape index (κ2) is 6.70. The molecule has 2 aromatic rings. The molecule has 1 aromatic carbocycles. The fourth-order valence-corrected chi connectivity index (χ4v) is 2.78. The molecule has 6 nitrogen and oxygen atoms in total. The molecule has 0 aliphatic carbocycles. The van der Waals surface area contributed by atoms with E-state index in [1.807, 2.05) is 37.3 Å². The molecule has 1 aliphatic heterocycles. The first-order chi connectivity index (χ1) is 11.6. The normalized spacial score (nSPS) is 16.8. The van der Waals surface area contributed by atoms with Gasteiger partial charge in [0.2, 0.25) is 11.8 Å². The zero-order valence-electron chi connectivity index (χ0n) is 13.7. The molecule has 0 fully saturated rings. The van der Waals surface area contributed by atoms with E-state index in [-0.39, 0.29) is 17.9 Å². The summed E-state index contributed by atoms with van der Waals surface area (Å²) in [6, 6.07) is 10.9. The number of anilines is 1. The topological polar surface area (TPSA) is 74.9 Å². The maximum atomic E-state index is 12.3. The van der Waals surface area contributed by atoms with Crippen LogP contribution in [0.25, 0.3) is 0 Å². The first kappa shape index (κ1) is 16.0. The fourth-order valence-electron chi connectivity index (χ4n) is 2.78. The zero-order valence-corrected chi connectivity index (χ0v) is 13.7. The lowest BCUT2D eigenvalue weighted by Crippen LogP contribution is -2.26. The highest BCUT2D eigenvalue weighted by Gasteiger charge is 2.33. The number of benzene rings is 1. The predicted octanol–water partition coefficient (Wildman–Crippen LogP) is 3.33. The maximum absolute atomic E-state index is 12.3. The monoisotopic (exact) mass is 325 g/mol. The summed E-state index contributed by atoms with van der Waals surface area (Å²) in [7, 11) is 0. The van der Waals surface area contributed by atoms with Crippen LogP contribution < -0.4 is 5.32 Å². The quantitative estimate of drug-likeness (QED) is 0.937. The van der Waals surface area contributed by atoms with E-state index in [1.54, 1.807) is 12.3 Å². The van der Waals surface area contributed by atoms with E-state index in [9.17, 15) is 9.59 Å². The van der Waals surface area contributed by atoms with Crippen LogP contribution in [0.4, 0.5) is 5.69 Å². The molecule has 2 amide bonds. The van der Waals surface area contributed by atoms with Crippen molar-refractivity contribution < 1.29 is 14.0 Å². The Morgan fingerprint density at radius 2 is 2.17 bits per heavy atom. The van der Waals surface area contributed by atoms with E-state index >= 15 is 0 Å². The van der Waals surface area contributed by atoms with Gasteiger partial charge in [0.05, 0.1) is 12.3 Å². The van der Waals surface area contributed by atoms with Crippen LogP contribution in [0.3, 0.4) is 0 Å². The lowest BCUT2D eigenvalue weighted by molar-refractivity contribution is -0.132. The molecule has 1 N–H and O–H groups in total. The van der Waals surface area contributed by atoms with Crippen molar-refractivity contribution >= 4 is 23.2 Å². The summed E-state index contributed by atoms with van der Waals surface area (Å²) in [5.74, 6) is 0.489. The number of hydrazone groups is 1. The highest BCUT2D eigenvalue weighted by atomic mass is 16.3. The van der Waals surface area contributed by atoms with Crippen molar-refractivity contribution in [2.24, 2.45) is 5.10 Å². The van der Waals surface area contributed by atoms with Gasteiger partial charge in [0.25, 0.3) is 0 Å². The molecular weight excluding hydrogens is 306 g/mol. The van der Waals surface area contributed by atoms with Crippen LogP contribution in [0.2, 0.25) is 0 Å². The van der Waals surface area contributed by atoms with Crippen LogP contribution >= 0.6 is 0 Å². The van der Waals surface area contributed by atoms with Gasteiger partial charge in [-0.05, 0) is 29.8 Å². The van der Waals surface area contributed by atoms with Crippen molar-refractivity contribution in [3.05, 3.63) is 54.0 Å². The van der Waals surface area contributed by atoms with E-state index in [4.69, 9.17) is 4.42 Å². The Labute approximate surface area is 140 Å². The van der Waals surface area contributed by atoms with Crippen molar-refractivity contribution in [1.29, 1.82) is 0 Å². The van der Waals surface area contributed by atoms with E-state index in [1.165, 1.54) is 11.9 Å². The van der Waals surface area contributed by atoms with E-state index in [0.29, 0.717) is 24.3 Å². The molecular formula is C18H19N3O3. The average molecular weight is 325 g/mol. The third kappa shape index (κ3) is 3.22. The molecule has 0 spiro atoms. The molecule has 1 atom stereocenters. The van der Waals surface area contributed by atoms with Crippen molar-refractivity contribution in [3.8, 4) is 0 Å². The molecule has 1 aromatic heterocycles. The third-order valence-corrected chi connectivity index (χ3v) is 3.87. The minimum Gasteiger partial charge on any atom is -0.463 e. The summed E-state index contributed by atoms with van der Waals surface area (Å²) in [4.78, 5) is 23.6. The van der Waals surface area contributed by atoms with Crippen LogP contribution in [0.1, 0.15) is 44.1 Å². The van der Waals surface area contributed by atoms with Gasteiger partial charge in [0.15, 0.2) is 0 Å². The predicted molar refractivity (Wildman–Crippen MR) is 90.5 cm³/mol. The molecule has 2 heterocycles. The Bertz CT molecular complexity index is 781. The summed E-state index contributed by atoms with van der Waals surface area (Å²) < 4.78 is 5.41. The zero-order chi connectivity index (χ0) is 17.1. The van der Waals surface area contributed by atoms with Gasteiger partial charge in [-0.25, -0.2) is 5.01 Å². The molecule has 0 radical (unpaired) electrons. The van der Waals surface area contributed by atoms with Crippen LogP contribution in [0.5, 0.6) is 0 Å². The fraction of sp³-hybridized carbons (Fsp3) is 0.278. The van der Waals surface area contributed by atoms with Gasteiger partial charge in [-0.15, -0.1) is 0 Å². The highest BCUT2D eigenvalue weighted by molar-refractivity contribution is 6.01. The van der Waals surface area contributed by atoms with Crippen LogP contribution in [0, 0.1) is 0 Å². The molecule has 24 heavy (non-hydrogen) atoms. The summed E-state index contributed by atoms with van der Waals surface area (Å²) in [6.45, 7) is 3.28. The van der Waals surface area contributed by atoms with Gasteiger partial charge in [0.1, 0.15) is 11.5 Å². The molecule has 0 saturated heterocycles. The van der Waals surface area contributed by atoms with Crippen molar-refractivity contribution in [3.63, 3.8) is 0 Å². The Morgan fingerprint density at radius 1 is 1.33 bits per heavy atom. The minimum atomic E-state index is -0.203. The highest BCUT2D eigenvalue weighted by Crippen LogP contribution is 2.34. The number of carbonyl (C=O) groups is 2. The molecule has 0 unspecified atom stereocenters. The second-order valence-electron chi connectivity index (χ2n) is 5.64. The molecule has 0 saturated carbocycles. The second-order valence-corrected chi connectivity index (χ2v) is 5.64. The largest absolute Gasteiger partial charge is 0.463 e. The van der Waals surface area contributed by atoms with Crippen LogP contribution in [-0.2, 0) is 9.59 Å². The Hall–Kier alpha value is -2.89. The first-order valence-electron chi connectivity index (χ1n) is 7.89. The number of carbonyl (C=O) groups excluding carboxylic acids is 2. The first-order valence-corrected chi connectivity index (χ1v) is 7.89. The summed E-state index contributed by atoms with van der Waals surface area (Å²) in [5.41, 5.74) is 2.38. The number of hydrogen-bond acceptors (Lipinski definition) is 4. The Morgan fingerprint density at radius 3 is 2.83 bits per heavy atom. The molecule has 0 bridgehead atoms. The van der Waals surface area contributed by atoms with Gasteiger partial charge in [-0.3, -0.25) is 9.59 Å². The Kier molecular flexibility index (Phi) is 4.46. The van der Waals surface area contributed by atoms with E-state index < -0.39 is 0 Å². The molecule has 6 heteroatoms. The lowest BCUT2D eigenvalue weighted by atomic mass is 10.00. The lowest BCUT2D eigenvalue weighted by Gasteiger charge is -2.22. The van der Waals surface area contributed by atoms with Gasteiger partial charge in [-0.2, -0.15) is 5.10 Å². The molecule has 3 rings (SSSR count). The Balaban J connectivity index is 1.91. The smallest absolute Gasteiger partial charge is 0.242 e. The summed E-state index contributed by atoms with van der Waals surface area (Å²) in [6.07, 6.45) is 2.54. The third-order valence-electron chi connectivity index (χ3n) is 3.87. The van der Waals surface area contributed by atoms with Crippen molar-refractivity contribution in [2.75, 3.05) is 5.32 Å². The summed E-state index contributed by atoms with van der Waals surface area (Å²) in [5, 5.41) is 8.75. The molecule has 1 aliphatic rings. The maximum Gasteiger partial charge on any atom is 0.242 e. The minimum absolute atomic E-state index is 0.0495. The van der Waals surface area contributed by atoms with Crippen molar-refractivity contribution in [1.82, 2.24) is 5.01 Å². The van der Waals surface area contributed by atoms with Gasteiger partial charge in [0, 0.05) is 25.5 Å². The number of rotatable bonds is 4. The van der Waals surface area contributed by atoms with E-state index in [0.717, 1.165) is 11.3 Å². The average Bonchev–Trinajstić information content (AvgIpc) is 3.23. The SMILES string of the molecule is CCC(=O)N1N=C(c2ccco2)C[C@H]1c1cccc(NC(C)=O)c1. The van der Waals surface area contributed by atoms with Gasteiger partial charge in [-0.1, -0.05) is 19.1 Å². The summed E-state index contributed by atoms with van der Waals surface area (Å²) >= 11 is 0. The number of furan rings is 1. The van der Waals surface area contributed by atoms with Gasteiger partial charge < -0.3 is 9.73 Å². The number of nitrogens with zero attached hydrogens (tertiary/aromatic N) is 2.